The van der Waals surface area contributed by atoms with E-state index in [1.54, 1.807) is 0 Å². The second-order valence-electron chi connectivity index (χ2n) is 16.1. The zero-order valence-electron chi connectivity index (χ0n) is 30.4. The Labute approximate surface area is 283 Å². The highest BCUT2D eigenvalue weighted by Crippen LogP contribution is 2.89. The van der Waals surface area contributed by atoms with Crippen LogP contribution in [0.15, 0.2) is 0 Å². The molecule has 0 radical (unpaired) electrons. The zero-order chi connectivity index (χ0) is 32.7. The third-order valence-corrected chi connectivity index (χ3v) is 12.4. The number of esters is 1. The smallest absolute Gasteiger partial charge is 0.305 e. The monoisotopic (exact) mass is 648 g/mol. The van der Waals surface area contributed by atoms with Gasteiger partial charge in [-0.25, -0.2) is 0 Å². The molecule has 0 bridgehead atoms. The Bertz CT molecular complexity index is 843. The molecule has 1 saturated heterocycles. The highest BCUT2D eigenvalue weighted by Gasteiger charge is 2.84. The third-order valence-electron chi connectivity index (χ3n) is 12.4. The van der Waals surface area contributed by atoms with E-state index in [1.807, 2.05) is 0 Å². The van der Waals surface area contributed by atoms with Crippen LogP contribution in [-0.2, 0) is 19.0 Å². The Kier molecular flexibility index (Phi) is 16.7. The first-order chi connectivity index (χ1) is 22.5. The minimum absolute atomic E-state index is 0.00472. The summed E-state index contributed by atoms with van der Waals surface area (Å²) >= 11 is 0. The number of epoxide rings is 1. The van der Waals surface area contributed by atoms with Crippen LogP contribution >= 0.6 is 0 Å². The summed E-state index contributed by atoms with van der Waals surface area (Å²) in [5, 5.41) is 9.53. The molecule has 1 heterocycles. The van der Waals surface area contributed by atoms with Crippen molar-refractivity contribution in [3.63, 3.8) is 0 Å². The van der Waals surface area contributed by atoms with E-state index in [4.69, 9.17) is 14.2 Å². The number of nitrogens with zero attached hydrogens (tertiary/aromatic N) is 1. The summed E-state index contributed by atoms with van der Waals surface area (Å²) < 4.78 is 17.9. The standard InChI is InChI=1S/C40H73NO5/c1-4-6-14-20-33(21-15-7-5-2)24-29-44-37(43)23-17-11-9-13-19-26-41(27-28-42)25-18-12-8-10-16-22-35-38(45-35)46-36-30-34-31-40(34)32-39(36,40)3/h33-36,38,42H,4-32H2,1-3H3/t34-,35?,36?,38?,39-,40?/m0/s1. The van der Waals surface area contributed by atoms with Crippen LogP contribution in [-0.4, -0.2) is 67.3 Å². The van der Waals surface area contributed by atoms with Gasteiger partial charge in [0, 0.05) is 18.4 Å². The van der Waals surface area contributed by atoms with Crippen molar-refractivity contribution in [2.75, 3.05) is 32.8 Å². The first-order valence-electron chi connectivity index (χ1n) is 20.3. The summed E-state index contributed by atoms with van der Waals surface area (Å²) in [6, 6.07) is 0. The molecule has 0 amide bonds. The number of hydrogen-bond donors (Lipinski definition) is 1. The molecule has 4 aliphatic rings. The lowest BCUT2D eigenvalue weighted by Crippen LogP contribution is -2.29. The number of rotatable bonds is 31. The van der Waals surface area contributed by atoms with Gasteiger partial charge in [-0.3, -0.25) is 4.79 Å². The summed E-state index contributed by atoms with van der Waals surface area (Å²) in [5.41, 5.74) is 1.19. The molecule has 3 aliphatic carbocycles. The second kappa shape index (κ2) is 20.1. The maximum atomic E-state index is 12.2. The molecule has 6 nitrogen and oxygen atoms in total. The molecule has 1 N–H and O–H groups in total. The lowest BCUT2D eigenvalue weighted by atomic mass is 9.92. The van der Waals surface area contributed by atoms with E-state index >= 15 is 0 Å². The van der Waals surface area contributed by atoms with E-state index in [0.717, 1.165) is 57.2 Å². The fourth-order valence-electron chi connectivity index (χ4n) is 9.02. The van der Waals surface area contributed by atoms with E-state index in [9.17, 15) is 9.90 Å². The van der Waals surface area contributed by atoms with Crippen molar-refractivity contribution in [3.05, 3.63) is 0 Å². The Morgan fingerprint density at radius 1 is 0.848 bits per heavy atom. The average Bonchev–Trinajstić information content (AvgIpc) is 3.99. The maximum absolute atomic E-state index is 12.2. The van der Waals surface area contributed by atoms with Crippen molar-refractivity contribution < 1.29 is 24.1 Å². The zero-order valence-corrected chi connectivity index (χ0v) is 30.4. The van der Waals surface area contributed by atoms with Crippen LogP contribution in [0.2, 0.25) is 0 Å². The predicted molar refractivity (Wildman–Crippen MR) is 188 cm³/mol. The molecule has 4 unspecified atom stereocenters. The first-order valence-corrected chi connectivity index (χ1v) is 20.3. The molecule has 1 spiro atoms. The van der Waals surface area contributed by atoms with Gasteiger partial charge in [-0.2, -0.15) is 0 Å². The van der Waals surface area contributed by atoms with Gasteiger partial charge < -0.3 is 24.2 Å². The fraction of sp³-hybridized carbons (Fsp3) is 0.975. The van der Waals surface area contributed by atoms with Crippen LogP contribution in [0.5, 0.6) is 0 Å². The lowest BCUT2D eigenvalue weighted by molar-refractivity contribution is -0.144. The number of unbranched alkanes of at least 4 members (excludes halogenated alkanes) is 12. The number of ether oxygens (including phenoxy) is 3. The molecule has 6 atom stereocenters. The van der Waals surface area contributed by atoms with Crippen molar-refractivity contribution >= 4 is 5.97 Å². The van der Waals surface area contributed by atoms with Crippen molar-refractivity contribution in [3.8, 4) is 0 Å². The average molecular weight is 648 g/mol. The predicted octanol–water partition coefficient (Wildman–Crippen LogP) is 9.60. The number of aliphatic hydroxyl groups is 1. The molecular formula is C40H73NO5. The van der Waals surface area contributed by atoms with Gasteiger partial charge in [-0.1, -0.05) is 117 Å². The van der Waals surface area contributed by atoms with Crippen LogP contribution in [0.3, 0.4) is 0 Å². The van der Waals surface area contributed by atoms with Gasteiger partial charge in [0.15, 0.2) is 6.29 Å². The van der Waals surface area contributed by atoms with E-state index in [2.05, 4.69) is 25.7 Å². The van der Waals surface area contributed by atoms with Gasteiger partial charge >= 0.3 is 5.97 Å². The molecule has 3 saturated carbocycles. The molecular weight excluding hydrogens is 574 g/mol. The quantitative estimate of drug-likeness (QED) is 0.0459. The summed E-state index contributed by atoms with van der Waals surface area (Å²) in [4.78, 5) is 14.7. The molecule has 0 aromatic carbocycles. The summed E-state index contributed by atoms with van der Waals surface area (Å²) in [6.07, 6.45) is 30.1. The molecule has 46 heavy (non-hydrogen) atoms. The Morgan fingerprint density at radius 2 is 1.50 bits per heavy atom. The topological polar surface area (TPSA) is 71.5 Å². The number of carbonyl (C=O) groups is 1. The van der Waals surface area contributed by atoms with Gasteiger partial charge in [0.2, 0.25) is 0 Å². The van der Waals surface area contributed by atoms with Crippen LogP contribution in [0, 0.1) is 22.7 Å². The van der Waals surface area contributed by atoms with Gasteiger partial charge in [-0.05, 0) is 81.7 Å². The number of hydrogen-bond acceptors (Lipinski definition) is 6. The molecule has 268 valence electrons. The Balaban J connectivity index is 0.907. The third kappa shape index (κ3) is 12.0. The van der Waals surface area contributed by atoms with Crippen LogP contribution in [0.25, 0.3) is 0 Å². The highest BCUT2D eigenvalue weighted by atomic mass is 16.8. The van der Waals surface area contributed by atoms with Gasteiger partial charge in [-0.15, -0.1) is 0 Å². The minimum Gasteiger partial charge on any atom is -0.466 e. The molecule has 1 aliphatic heterocycles. The van der Waals surface area contributed by atoms with Crippen molar-refractivity contribution in [1.29, 1.82) is 0 Å². The second-order valence-corrected chi connectivity index (χ2v) is 16.1. The highest BCUT2D eigenvalue weighted by molar-refractivity contribution is 5.69. The van der Waals surface area contributed by atoms with E-state index in [1.165, 1.54) is 122 Å². The van der Waals surface area contributed by atoms with Crippen LogP contribution in [0.4, 0.5) is 0 Å². The van der Waals surface area contributed by atoms with Gasteiger partial charge in [0.25, 0.3) is 0 Å². The van der Waals surface area contributed by atoms with Crippen LogP contribution < -0.4 is 0 Å². The number of aliphatic hydroxyl groups excluding tert-OH is 1. The summed E-state index contributed by atoms with van der Waals surface area (Å²) in [5.74, 6) is 1.68. The molecule has 0 aromatic heterocycles. The van der Waals surface area contributed by atoms with Crippen molar-refractivity contribution in [2.45, 2.75) is 193 Å². The van der Waals surface area contributed by atoms with E-state index in [-0.39, 0.29) is 18.9 Å². The molecule has 6 heteroatoms. The largest absolute Gasteiger partial charge is 0.466 e. The normalized spacial score (nSPS) is 28.9. The van der Waals surface area contributed by atoms with Gasteiger partial charge in [0.05, 0.1) is 19.3 Å². The molecule has 0 aromatic rings. The number of carbonyl (C=O) groups excluding carboxylic acids is 1. The fourth-order valence-corrected chi connectivity index (χ4v) is 9.02. The minimum atomic E-state index is -0.00472. The molecule has 4 rings (SSSR count). The van der Waals surface area contributed by atoms with Crippen molar-refractivity contribution in [2.24, 2.45) is 22.7 Å². The van der Waals surface area contributed by atoms with Gasteiger partial charge in [0.1, 0.15) is 6.10 Å². The first kappa shape index (κ1) is 38.1. The lowest BCUT2D eigenvalue weighted by Gasteiger charge is -2.21. The maximum Gasteiger partial charge on any atom is 0.305 e. The van der Waals surface area contributed by atoms with Crippen molar-refractivity contribution in [1.82, 2.24) is 4.90 Å². The van der Waals surface area contributed by atoms with E-state index < -0.39 is 0 Å². The Morgan fingerprint density at radius 3 is 2.11 bits per heavy atom. The SMILES string of the molecule is CCCCCC(CCCCC)CCOC(=O)CCCCCCCN(CCO)CCCCCCCC1OC1OC1C[C@H]2CC23C[C@@]13C. The van der Waals surface area contributed by atoms with E-state index in [0.29, 0.717) is 36.1 Å². The summed E-state index contributed by atoms with van der Waals surface area (Å²) in [7, 11) is 0. The summed E-state index contributed by atoms with van der Waals surface area (Å²) in [6.45, 7) is 10.8. The van der Waals surface area contributed by atoms with Crippen LogP contribution in [0.1, 0.15) is 175 Å². The Hall–Kier alpha value is -0.690. The molecule has 4 fully saturated rings.